The minimum Gasteiger partial charge on any atom is -0.426 e. The Balaban J connectivity index is 1.77. The molecule has 1 aliphatic heterocycles. The fourth-order valence-corrected chi connectivity index (χ4v) is 6.94. The second kappa shape index (κ2) is 4.85. The van der Waals surface area contributed by atoms with Gasteiger partial charge in [0.1, 0.15) is 0 Å². The molecule has 1 heterocycles. The molecular formula is C20H30O4. The normalized spacial score (nSPS) is 52.7. The minimum absolute atomic E-state index is 0.121. The van der Waals surface area contributed by atoms with Crippen molar-refractivity contribution in [1.29, 1.82) is 0 Å². The lowest BCUT2D eigenvalue weighted by Gasteiger charge is -2.64. The quantitative estimate of drug-likeness (QED) is 0.668. The lowest BCUT2D eigenvalue weighted by atomic mass is 9.42. The lowest BCUT2D eigenvalue weighted by molar-refractivity contribution is -0.236. The lowest BCUT2D eigenvalue weighted by Crippen LogP contribution is -2.62. The van der Waals surface area contributed by atoms with E-state index in [4.69, 9.17) is 4.74 Å². The number of carbonyl (C=O) groups excluding carboxylic acids is 1. The number of hydrogen-bond acceptors (Lipinski definition) is 4. The van der Waals surface area contributed by atoms with Gasteiger partial charge in [-0.25, -0.2) is 4.79 Å². The molecule has 0 aromatic carbocycles. The van der Waals surface area contributed by atoms with Crippen molar-refractivity contribution in [3.63, 3.8) is 0 Å². The number of aliphatic hydroxyl groups is 2. The second-order valence-electron chi connectivity index (χ2n) is 9.61. The van der Waals surface area contributed by atoms with Crippen molar-refractivity contribution >= 4 is 5.97 Å². The van der Waals surface area contributed by atoms with Crippen LogP contribution in [-0.2, 0) is 9.53 Å². The number of rotatable bonds is 0. The summed E-state index contributed by atoms with van der Waals surface area (Å²) in [5, 5.41) is 22.0. The molecule has 4 rings (SSSR count). The van der Waals surface area contributed by atoms with E-state index in [2.05, 4.69) is 27.7 Å². The summed E-state index contributed by atoms with van der Waals surface area (Å²) in [6.07, 6.45) is 5.67. The molecule has 0 radical (unpaired) electrons. The topological polar surface area (TPSA) is 66.8 Å². The fourth-order valence-electron chi connectivity index (χ4n) is 6.94. The predicted octanol–water partition coefficient (Wildman–Crippen LogP) is 3.03. The molecule has 7 atom stereocenters. The average molecular weight is 334 g/mol. The van der Waals surface area contributed by atoms with Crippen LogP contribution in [0.25, 0.3) is 0 Å². The van der Waals surface area contributed by atoms with Crippen LogP contribution in [0, 0.1) is 34.5 Å². The highest BCUT2D eigenvalue weighted by atomic mass is 16.7. The summed E-state index contributed by atoms with van der Waals surface area (Å²) in [6, 6.07) is 0. The van der Waals surface area contributed by atoms with Gasteiger partial charge in [0.25, 0.3) is 0 Å². The summed E-state index contributed by atoms with van der Waals surface area (Å²) in [5.41, 5.74) is 0.725. The van der Waals surface area contributed by atoms with E-state index in [-0.39, 0.29) is 28.8 Å². The van der Waals surface area contributed by atoms with Crippen LogP contribution in [0.4, 0.5) is 0 Å². The number of hydrogen-bond donors (Lipinski definition) is 2. The largest absolute Gasteiger partial charge is 0.426 e. The molecule has 0 spiro atoms. The highest BCUT2D eigenvalue weighted by molar-refractivity contribution is 5.86. The van der Waals surface area contributed by atoms with Crippen molar-refractivity contribution in [2.75, 3.05) is 0 Å². The molecule has 4 heteroatoms. The van der Waals surface area contributed by atoms with Crippen LogP contribution in [0.5, 0.6) is 0 Å². The van der Waals surface area contributed by atoms with E-state index < -0.39 is 11.8 Å². The molecule has 0 bridgehead atoms. The van der Waals surface area contributed by atoms with Crippen molar-refractivity contribution in [2.24, 2.45) is 34.5 Å². The first-order valence-corrected chi connectivity index (χ1v) is 9.45. The number of ether oxygens (including phenoxy) is 1. The molecule has 134 valence electrons. The first-order chi connectivity index (χ1) is 11.1. The first kappa shape index (κ1) is 16.6. The van der Waals surface area contributed by atoms with Gasteiger partial charge in [0.15, 0.2) is 0 Å². The Kier molecular flexibility index (Phi) is 3.35. The predicted molar refractivity (Wildman–Crippen MR) is 89.7 cm³/mol. The summed E-state index contributed by atoms with van der Waals surface area (Å²) in [6.45, 7) is 8.98. The fraction of sp³-hybridized carbons (Fsp3) is 0.850. The summed E-state index contributed by atoms with van der Waals surface area (Å²) in [5.74, 6) is -0.748. The second-order valence-corrected chi connectivity index (χ2v) is 9.61. The Bertz CT molecular complexity index is 609. The standard InChI is InChI=1S/C20H30O4/c1-11-12-5-6-15-18(2,3)8-7-16(21)19(15,4)14(12)10-20(23)13(11)9-17(22)24-20/h9,11-12,14-16,21,23H,5-8,10H2,1-4H3/t11-,12+,14+,15+,16-,19-,20+/m0/s1. The number of fused-ring (bicyclic) bond motifs is 4. The third-order valence-electron chi connectivity index (χ3n) is 8.20. The molecule has 0 amide bonds. The summed E-state index contributed by atoms with van der Waals surface area (Å²) < 4.78 is 5.33. The van der Waals surface area contributed by atoms with Crippen LogP contribution in [0.15, 0.2) is 11.6 Å². The third kappa shape index (κ3) is 1.96. The molecule has 0 aromatic rings. The minimum atomic E-state index is -1.45. The van der Waals surface area contributed by atoms with Crippen LogP contribution in [-0.4, -0.2) is 28.1 Å². The van der Waals surface area contributed by atoms with Gasteiger partial charge >= 0.3 is 5.97 Å². The Morgan fingerprint density at radius 1 is 1.21 bits per heavy atom. The van der Waals surface area contributed by atoms with E-state index in [1.807, 2.05) is 0 Å². The number of aliphatic hydroxyl groups excluding tert-OH is 1. The Hall–Kier alpha value is -0.870. The maximum Gasteiger partial charge on any atom is 0.333 e. The highest BCUT2D eigenvalue weighted by Crippen LogP contribution is 2.66. The molecule has 24 heavy (non-hydrogen) atoms. The zero-order valence-electron chi connectivity index (χ0n) is 15.2. The molecule has 3 saturated carbocycles. The van der Waals surface area contributed by atoms with Crippen LogP contribution < -0.4 is 0 Å². The molecule has 2 N–H and O–H groups in total. The number of carbonyl (C=O) groups is 1. The van der Waals surface area contributed by atoms with E-state index in [1.54, 1.807) is 0 Å². The van der Waals surface area contributed by atoms with Crippen LogP contribution in [0.3, 0.4) is 0 Å². The molecular weight excluding hydrogens is 304 g/mol. The van der Waals surface area contributed by atoms with Gasteiger partial charge in [0.2, 0.25) is 5.79 Å². The molecule has 3 fully saturated rings. The van der Waals surface area contributed by atoms with Crippen LogP contribution >= 0.6 is 0 Å². The summed E-state index contributed by atoms with van der Waals surface area (Å²) >= 11 is 0. The maximum absolute atomic E-state index is 11.8. The number of esters is 1. The SMILES string of the molecule is C[C@@H]1C2=CC(=O)O[C@]2(O)C[C@@H]2[C@@H]1CC[C@@H]1C(C)(C)CC[C@H](O)[C@@]21C. The molecule has 3 aliphatic carbocycles. The first-order valence-electron chi connectivity index (χ1n) is 9.45. The third-order valence-corrected chi connectivity index (χ3v) is 8.20. The van der Waals surface area contributed by atoms with Gasteiger partial charge in [-0.1, -0.05) is 27.7 Å². The molecule has 0 aromatic heterocycles. The molecule has 0 unspecified atom stereocenters. The average Bonchev–Trinajstić information content (AvgIpc) is 2.79. The molecule has 0 saturated heterocycles. The zero-order valence-corrected chi connectivity index (χ0v) is 15.2. The highest BCUT2D eigenvalue weighted by Gasteiger charge is 2.64. The molecule has 4 nitrogen and oxygen atoms in total. The summed E-state index contributed by atoms with van der Waals surface area (Å²) in [7, 11) is 0. The van der Waals surface area contributed by atoms with Gasteiger partial charge in [0.05, 0.1) is 6.10 Å². The molecule has 4 aliphatic rings. The van der Waals surface area contributed by atoms with Crippen LogP contribution in [0.2, 0.25) is 0 Å². The Morgan fingerprint density at radius 2 is 1.92 bits per heavy atom. The van der Waals surface area contributed by atoms with E-state index >= 15 is 0 Å². The zero-order chi connectivity index (χ0) is 17.5. The van der Waals surface area contributed by atoms with Crippen molar-refractivity contribution in [1.82, 2.24) is 0 Å². The van der Waals surface area contributed by atoms with Crippen LogP contribution in [0.1, 0.15) is 59.8 Å². The van der Waals surface area contributed by atoms with E-state index in [9.17, 15) is 15.0 Å². The smallest absolute Gasteiger partial charge is 0.333 e. The van der Waals surface area contributed by atoms with Crippen molar-refractivity contribution in [3.05, 3.63) is 11.6 Å². The van der Waals surface area contributed by atoms with Crippen molar-refractivity contribution in [3.8, 4) is 0 Å². The van der Waals surface area contributed by atoms with Crippen molar-refractivity contribution in [2.45, 2.75) is 71.7 Å². The van der Waals surface area contributed by atoms with Gasteiger partial charge in [-0.2, -0.15) is 0 Å². The maximum atomic E-state index is 11.8. The van der Waals surface area contributed by atoms with Gasteiger partial charge in [-0.15, -0.1) is 0 Å². The monoisotopic (exact) mass is 334 g/mol. The Labute approximate surface area is 144 Å². The van der Waals surface area contributed by atoms with Gasteiger partial charge in [-0.05, 0) is 54.8 Å². The van der Waals surface area contributed by atoms with Gasteiger partial charge in [-0.3, -0.25) is 0 Å². The van der Waals surface area contributed by atoms with E-state index in [0.717, 1.165) is 31.3 Å². The van der Waals surface area contributed by atoms with Gasteiger partial charge < -0.3 is 14.9 Å². The van der Waals surface area contributed by atoms with E-state index in [0.29, 0.717) is 18.3 Å². The summed E-state index contributed by atoms with van der Waals surface area (Å²) in [4.78, 5) is 11.8. The Morgan fingerprint density at radius 3 is 2.62 bits per heavy atom. The van der Waals surface area contributed by atoms with E-state index in [1.165, 1.54) is 6.08 Å². The van der Waals surface area contributed by atoms with Gasteiger partial charge in [0, 0.05) is 23.5 Å². The van der Waals surface area contributed by atoms with Crippen molar-refractivity contribution < 1.29 is 19.7 Å².